The molecule has 120 valence electrons. The molecule has 0 aliphatic rings. The van der Waals surface area contributed by atoms with Crippen molar-refractivity contribution >= 4 is 5.97 Å². The highest BCUT2D eigenvalue weighted by atomic mass is 16.6. The highest BCUT2D eigenvalue weighted by Crippen LogP contribution is 2.07. The Morgan fingerprint density at radius 1 is 0.850 bits per heavy atom. The first-order valence-electron chi connectivity index (χ1n) is 7.83. The van der Waals surface area contributed by atoms with Crippen molar-refractivity contribution in [2.24, 2.45) is 0 Å². The molecule has 0 rings (SSSR count). The number of carbonyl (C=O) groups is 1. The Hall–Kier alpha value is -0.610. The number of hydrogen-bond donors (Lipinski definition) is 0. The zero-order valence-corrected chi connectivity index (χ0v) is 13.7. The number of unbranched alkanes of at least 4 members (excludes halogenated alkanes) is 4. The summed E-state index contributed by atoms with van der Waals surface area (Å²) in [5.74, 6) is -0.290. The first kappa shape index (κ1) is 19.4. The lowest BCUT2D eigenvalue weighted by Crippen LogP contribution is -2.26. The van der Waals surface area contributed by atoms with Crippen LogP contribution < -0.4 is 0 Å². The third kappa shape index (κ3) is 15.4. The molecule has 0 heterocycles. The van der Waals surface area contributed by atoms with E-state index in [4.69, 9.17) is 14.2 Å². The van der Waals surface area contributed by atoms with E-state index in [2.05, 4.69) is 6.92 Å². The van der Waals surface area contributed by atoms with Crippen molar-refractivity contribution in [1.82, 2.24) is 0 Å². The second kappa shape index (κ2) is 12.2. The summed E-state index contributed by atoms with van der Waals surface area (Å²) in [6.45, 7) is 10.1. The van der Waals surface area contributed by atoms with Gasteiger partial charge in [-0.25, -0.2) is 4.79 Å². The predicted octanol–water partition coefficient (Wildman–Crippen LogP) is 3.72. The average Bonchev–Trinajstić information content (AvgIpc) is 2.34. The molecule has 0 aliphatic heterocycles. The molecular weight excluding hydrogens is 256 g/mol. The number of hydrogen-bond acceptors (Lipinski definition) is 4. The minimum Gasteiger partial charge on any atom is -0.458 e. The summed E-state index contributed by atoms with van der Waals surface area (Å²) in [6.07, 6.45) is 6.70. The van der Waals surface area contributed by atoms with E-state index >= 15 is 0 Å². The first-order valence-corrected chi connectivity index (χ1v) is 7.83. The van der Waals surface area contributed by atoms with Crippen molar-refractivity contribution in [2.45, 2.75) is 71.8 Å². The lowest BCUT2D eigenvalue weighted by atomic mass is 10.2. The van der Waals surface area contributed by atoms with E-state index in [1.807, 2.05) is 20.8 Å². The molecule has 0 aromatic carbocycles. The van der Waals surface area contributed by atoms with Gasteiger partial charge in [-0.3, -0.25) is 0 Å². The molecule has 0 saturated carbocycles. The van der Waals surface area contributed by atoms with Crippen molar-refractivity contribution in [1.29, 1.82) is 0 Å². The maximum absolute atomic E-state index is 11.4. The zero-order valence-electron chi connectivity index (χ0n) is 13.7. The Kier molecular flexibility index (Phi) is 11.8. The molecule has 0 aromatic heterocycles. The van der Waals surface area contributed by atoms with E-state index in [1.165, 1.54) is 6.42 Å². The largest absolute Gasteiger partial charge is 0.458 e. The first-order chi connectivity index (χ1) is 9.45. The van der Waals surface area contributed by atoms with Gasteiger partial charge in [-0.1, -0.05) is 26.2 Å². The minimum absolute atomic E-state index is 0.0530. The van der Waals surface area contributed by atoms with E-state index in [-0.39, 0.29) is 12.6 Å². The second-order valence-electron chi connectivity index (χ2n) is 6.02. The van der Waals surface area contributed by atoms with Crippen LogP contribution in [0.1, 0.15) is 66.2 Å². The van der Waals surface area contributed by atoms with Gasteiger partial charge in [-0.05, 0) is 40.0 Å². The average molecular weight is 288 g/mol. The van der Waals surface area contributed by atoms with Crippen LogP contribution in [0.25, 0.3) is 0 Å². The third-order valence-electron chi connectivity index (χ3n) is 2.61. The molecule has 0 aliphatic carbocycles. The van der Waals surface area contributed by atoms with Gasteiger partial charge in [-0.2, -0.15) is 0 Å². The quantitative estimate of drug-likeness (QED) is 0.405. The highest BCUT2D eigenvalue weighted by molar-refractivity contribution is 5.71. The number of esters is 1. The van der Waals surface area contributed by atoms with E-state index < -0.39 is 5.60 Å². The van der Waals surface area contributed by atoms with Crippen molar-refractivity contribution in [3.8, 4) is 0 Å². The molecule has 0 bridgehead atoms. The van der Waals surface area contributed by atoms with Crippen molar-refractivity contribution in [3.63, 3.8) is 0 Å². The number of carbonyl (C=O) groups excluding carboxylic acids is 1. The summed E-state index contributed by atoms with van der Waals surface area (Å²) in [5.41, 5.74) is -0.432. The van der Waals surface area contributed by atoms with Crippen LogP contribution in [0.2, 0.25) is 0 Å². The fourth-order valence-corrected chi connectivity index (χ4v) is 1.64. The molecule has 4 heteroatoms. The van der Waals surface area contributed by atoms with Crippen LogP contribution in [0.4, 0.5) is 0 Å². The van der Waals surface area contributed by atoms with Crippen LogP contribution in [-0.2, 0) is 19.0 Å². The Labute approximate surface area is 124 Å². The van der Waals surface area contributed by atoms with Crippen LogP contribution in [0, 0.1) is 0 Å². The van der Waals surface area contributed by atoms with E-state index in [1.54, 1.807) is 0 Å². The molecule has 0 spiro atoms. The Balaban J connectivity index is 3.19. The Morgan fingerprint density at radius 2 is 1.40 bits per heavy atom. The molecule has 20 heavy (non-hydrogen) atoms. The zero-order chi connectivity index (χ0) is 15.3. The molecule has 0 radical (unpaired) electrons. The lowest BCUT2D eigenvalue weighted by Gasteiger charge is -2.19. The fraction of sp³-hybridized carbons (Fsp3) is 0.938. The Morgan fingerprint density at radius 3 is 1.95 bits per heavy atom. The molecule has 0 fully saturated rings. The third-order valence-corrected chi connectivity index (χ3v) is 2.61. The lowest BCUT2D eigenvalue weighted by molar-refractivity contribution is -0.160. The molecule has 0 amide bonds. The van der Waals surface area contributed by atoms with Crippen LogP contribution in [-0.4, -0.2) is 38.0 Å². The van der Waals surface area contributed by atoms with Crippen LogP contribution >= 0.6 is 0 Å². The molecule has 0 atom stereocenters. The summed E-state index contributed by atoms with van der Waals surface area (Å²) < 4.78 is 15.9. The van der Waals surface area contributed by atoms with Gasteiger partial charge in [0.25, 0.3) is 0 Å². The van der Waals surface area contributed by atoms with Crippen molar-refractivity contribution in [3.05, 3.63) is 0 Å². The topological polar surface area (TPSA) is 44.8 Å². The van der Waals surface area contributed by atoms with Crippen molar-refractivity contribution < 1.29 is 19.0 Å². The normalized spacial score (nSPS) is 11.6. The molecule has 0 unspecified atom stereocenters. The number of rotatable bonds is 12. The number of ether oxygens (including phenoxy) is 3. The highest BCUT2D eigenvalue weighted by Gasteiger charge is 2.15. The van der Waals surface area contributed by atoms with Gasteiger partial charge in [0.15, 0.2) is 0 Å². The van der Waals surface area contributed by atoms with E-state index in [0.717, 1.165) is 45.3 Å². The van der Waals surface area contributed by atoms with Crippen LogP contribution in [0.3, 0.4) is 0 Å². The smallest absolute Gasteiger partial charge is 0.332 e. The van der Waals surface area contributed by atoms with Crippen LogP contribution in [0.5, 0.6) is 0 Å². The minimum atomic E-state index is -0.432. The summed E-state index contributed by atoms with van der Waals surface area (Å²) in [4.78, 5) is 11.4. The fourth-order valence-electron chi connectivity index (χ4n) is 1.64. The molecule has 0 saturated heterocycles. The summed E-state index contributed by atoms with van der Waals surface area (Å²) in [7, 11) is 0. The molecular formula is C16H32O4. The van der Waals surface area contributed by atoms with Gasteiger partial charge in [0.05, 0.1) is 0 Å². The van der Waals surface area contributed by atoms with Gasteiger partial charge in [0, 0.05) is 19.8 Å². The van der Waals surface area contributed by atoms with Gasteiger partial charge in [-0.15, -0.1) is 0 Å². The maximum Gasteiger partial charge on any atom is 0.332 e. The maximum atomic E-state index is 11.4. The van der Waals surface area contributed by atoms with E-state index in [9.17, 15) is 4.79 Å². The van der Waals surface area contributed by atoms with Gasteiger partial charge >= 0.3 is 5.97 Å². The molecule has 0 N–H and O–H groups in total. The summed E-state index contributed by atoms with van der Waals surface area (Å²) in [6, 6.07) is 0. The van der Waals surface area contributed by atoms with Crippen LogP contribution in [0.15, 0.2) is 0 Å². The molecule has 4 nitrogen and oxygen atoms in total. The predicted molar refractivity (Wildman–Crippen MR) is 80.9 cm³/mol. The van der Waals surface area contributed by atoms with Gasteiger partial charge in [0.2, 0.25) is 0 Å². The summed E-state index contributed by atoms with van der Waals surface area (Å²) in [5, 5.41) is 0. The second-order valence-corrected chi connectivity index (χ2v) is 6.02. The van der Waals surface area contributed by atoms with Gasteiger partial charge in [0.1, 0.15) is 12.2 Å². The van der Waals surface area contributed by atoms with Gasteiger partial charge < -0.3 is 14.2 Å². The Bertz CT molecular complexity index is 233. The SMILES string of the molecule is CCCCOCCCCCCOCC(=O)OC(C)(C)C. The monoisotopic (exact) mass is 288 g/mol. The van der Waals surface area contributed by atoms with E-state index in [0.29, 0.717) is 6.61 Å². The van der Waals surface area contributed by atoms with Crippen molar-refractivity contribution in [2.75, 3.05) is 26.4 Å². The molecule has 0 aromatic rings. The standard InChI is InChI=1S/C16H32O4/c1-5-6-11-18-12-9-7-8-10-13-19-14-15(17)20-16(2,3)4/h5-14H2,1-4H3. The summed E-state index contributed by atoms with van der Waals surface area (Å²) >= 11 is 0.